The second kappa shape index (κ2) is 12.7. The molecule has 0 unspecified atom stereocenters. The van der Waals surface area contributed by atoms with E-state index >= 15 is 0 Å². The first-order valence-electron chi connectivity index (χ1n) is 12.6. The van der Waals surface area contributed by atoms with E-state index in [4.69, 9.17) is 4.74 Å². The zero-order chi connectivity index (χ0) is 26.1. The van der Waals surface area contributed by atoms with E-state index in [-0.39, 0.29) is 0 Å². The molecular weight excluding hydrogens is 468 g/mol. The molecule has 36 heavy (non-hydrogen) atoms. The molecule has 3 rings (SSSR count). The van der Waals surface area contributed by atoms with Crippen LogP contribution in [-0.4, -0.2) is 52.9 Å². The molecule has 0 aliphatic carbocycles. The second-order valence-electron chi connectivity index (χ2n) is 8.71. The molecule has 3 aromatic rings. The van der Waals surface area contributed by atoms with Gasteiger partial charge in [-0.3, -0.25) is 4.31 Å². The molecule has 3 aromatic carbocycles. The van der Waals surface area contributed by atoms with Gasteiger partial charge in [-0.2, -0.15) is 0 Å². The van der Waals surface area contributed by atoms with Gasteiger partial charge in [0, 0.05) is 13.1 Å². The highest BCUT2D eigenvalue weighted by molar-refractivity contribution is 7.92. The number of sulfonamides is 1. The summed E-state index contributed by atoms with van der Waals surface area (Å²) in [6, 6.07) is 26.3. The van der Waals surface area contributed by atoms with Gasteiger partial charge in [-0.05, 0) is 71.6 Å². The first kappa shape index (κ1) is 27.5. The van der Waals surface area contributed by atoms with Crippen LogP contribution in [0, 0.1) is 0 Å². The van der Waals surface area contributed by atoms with E-state index in [1.165, 1.54) is 16.1 Å². The summed E-state index contributed by atoms with van der Waals surface area (Å²) in [4.78, 5) is 2.23. The summed E-state index contributed by atoms with van der Waals surface area (Å²) < 4.78 is 32.5. The van der Waals surface area contributed by atoms with E-state index < -0.39 is 10.0 Å². The summed E-state index contributed by atoms with van der Waals surface area (Å²) in [6.45, 7) is 9.20. The lowest BCUT2D eigenvalue weighted by Gasteiger charge is -2.27. The van der Waals surface area contributed by atoms with Crippen molar-refractivity contribution in [3.63, 3.8) is 0 Å². The zero-order valence-electron chi connectivity index (χ0n) is 22.1. The third kappa shape index (κ3) is 6.77. The molecule has 0 N–H and O–H groups in total. The van der Waals surface area contributed by atoms with Crippen molar-refractivity contribution in [2.45, 2.75) is 27.2 Å². The Hall–Kier alpha value is -3.09. The van der Waals surface area contributed by atoms with Gasteiger partial charge in [-0.15, -0.1) is 0 Å². The average Bonchev–Trinajstić information content (AvgIpc) is 2.89. The third-order valence-corrected chi connectivity index (χ3v) is 7.69. The fraction of sp³-hybridized carbons (Fsp3) is 0.333. The van der Waals surface area contributed by atoms with Crippen molar-refractivity contribution in [1.29, 1.82) is 0 Å². The van der Waals surface area contributed by atoms with Crippen molar-refractivity contribution in [1.82, 2.24) is 4.90 Å². The van der Waals surface area contributed by atoms with Crippen LogP contribution < -0.4 is 9.04 Å². The van der Waals surface area contributed by atoms with E-state index in [0.29, 0.717) is 18.8 Å². The SMILES string of the molecule is CCC(=C(c1ccccc1)c1cccc(N(CCN(CC)CC)S(C)(=O)=O)c1)c1ccc(OC)cc1. The first-order valence-corrected chi connectivity index (χ1v) is 14.4. The van der Waals surface area contributed by atoms with Crippen LogP contribution in [0.15, 0.2) is 78.9 Å². The molecule has 0 aliphatic heterocycles. The molecule has 5 nitrogen and oxygen atoms in total. The number of rotatable bonds is 12. The summed E-state index contributed by atoms with van der Waals surface area (Å²) in [5, 5.41) is 0. The van der Waals surface area contributed by atoms with Crippen molar-refractivity contribution >= 4 is 26.9 Å². The monoisotopic (exact) mass is 506 g/mol. The molecule has 0 amide bonds. The van der Waals surface area contributed by atoms with Gasteiger partial charge >= 0.3 is 0 Å². The van der Waals surface area contributed by atoms with Crippen molar-refractivity contribution < 1.29 is 13.2 Å². The fourth-order valence-electron chi connectivity index (χ4n) is 4.51. The standard InChI is InChI=1S/C30H38N2O3S/c1-6-29(24-17-19-28(35-4)20-18-24)30(25-13-10-9-11-14-25)26-15-12-16-27(23-26)32(36(5,33)34)22-21-31(7-2)8-3/h9-20,23H,6-8,21-22H2,1-5H3. The number of hydrogen-bond acceptors (Lipinski definition) is 4. The number of benzene rings is 3. The lowest BCUT2D eigenvalue weighted by Crippen LogP contribution is -2.38. The summed E-state index contributed by atoms with van der Waals surface area (Å²) in [6.07, 6.45) is 2.10. The largest absolute Gasteiger partial charge is 0.497 e. The summed E-state index contributed by atoms with van der Waals surface area (Å²) in [5.41, 5.74) is 6.17. The maximum atomic E-state index is 12.8. The Kier molecular flexibility index (Phi) is 9.73. The van der Waals surface area contributed by atoms with Crippen LogP contribution in [0.25, 0.3) is 11.1 Å². The Morgan fingerprint density at radius 2 is 1.42 bits per heavy atom. The van der Waals surface area contributed by atoms with E-state index in [9.17, 15) is 8.42 Å². The molecule has 0 fully saturated rings. The molecule has 0 atom stereocenters. The smallest absolute Gasteiger partial charge is 0.232 e. The van der Waals surface area contributed by atoms with Gasteiger partial charge in [-0.1, -0.05) is 75.4 Å². The molecule has 0 spiro atoms. The minimum atomic E-state index is -3.45. The van der Waals surface area contributed by atoms with Gasteiger partial charge in [0.15, 0.2) is 0 Å². The number of allylic oxidation sites excluding steroid dienone is 1. The summed E-state index contributed by atoms with van der Waals surface area (Å²) in [7, 11) is -1.78. The number of methoxy groups -OCH3 is 1. The van der Waals surface area contributed by atoms with E-state index in [0.717, 1.165) is 47.5 Å². The normalized spacial score (nSPS) is 12.4. The lowest BCUT2D eigenvalue weighted by atomic mass is 9.88. The minimum Gasteiger partial charge on any atom is -0.497 e. The maximum absolute atomic E-state index is 12.8. The number of likely N-dealkylation sites (N-methyl/N-ethyl adjacent to an activating group) is 1. The van der Waals surface area contributed by atoms with E-state index in [1.54, 1.807) is 7.11 Å². The van der Waals surface area contributed by atoms with Gasteiger partial charge in [0.1, 0.15) is 5.75 Å². The maximum Gasteiger partial charge on any atom is 0.232 e. The Morgan fingerprint density at radius 1 is 0.778 bits per heavy atom. The van der Waals surface area contributed by atoms with Crippen molar-refractivity contribution in [2.24, 2.45) is 0 Å². The number of nitrogens with zero attached hydrogens (tertiary/aromatic N) is 2. The molecule has 0 radical (unpaired) electrons. The molecule has 192 valence electrons. The topological polar surface area (TPSA) is 49.9 Å². The van der Waals surface area contributed by atoms with Crippen LogP contribution in [0.4, 0.5) is 5.69 Å². The van der Waals surface area contributed by atoms with Crippen molar-refractivity contribution in [3.05, 3.63) is 95.6 Å². The molecule has 0 aliphatic rings. The van der Waals surface area contributed by atoms with E-state index in [1.807, 2.05) is 48.5 Å². The Morgan fingerprint density at radius 3 is 1.97 bits per heavy atom. The van der Waals surface area contributed by atoms with Gasteiger partial charge in [0.2, 0.25) is 10.0 Å². The van der Waals surface area contributed by atoms with Crippen molar-refractivity contribution in [2.75, 3.05) is 43.8 Å². The Bertz CT molecular complexity index is 1250. The highest BCUT2D eigenvalue weighted by Crippen LogP contribution is 2.36. The highest BCUT2D eigenvalue weighted by atomic mass is 32.2. The molecule has 0 saturated heterocycles. The number of anilines is 1. The molecule has 0 saturated carbocycles. The second-order valence-corrected chi connectivity index (χ2v) is 10.6. The van der Waals surface area contributed by atoms with Gasteiger partial charge < -0.3 is 9.64 Å². The number of hydrogen-bond donors (Lipinski definition) is 0. The zero-order valence-corrected chi connectivity index (χ0v) is 22.9. The van der Waals surface area contributed by atoms with Crippen LogP contribution in [0.5, 0.6) is 5.75 Å². The predicted molar refractivity (Wildman–Crippen MR) is 152 cm³/mol. The highest BCUT2D eigenvalue weighted by Gasteiger charge is 2.20. The van der Waals surface area contributed by atoms with E-state index in [2.05, 4.69) is 56.0 Å². The third-order valence-electron chi connectivity index (χ3n) is 6.49. The summed E-state index contributed by atoms with van der Waals surface area (Å²) >= 11 is 0. The van der Waals surface area contributed by atoms with Crippen LogP contribution in [-0.2, 0) is 10.0 Å². The average molecular weight is 507 g/mol. The van der Waals surface area contributed by atoms with Gasteiger partial charge in [0.05, 0.1) is 19.1 Å². The molecule has 0 heterocycles. The lowest BCUT2D eigenvalue weighted by molar-refractivity contribution is 0.313. The van der Waals surface area contributed by atoms with Gasteiger partial charge in [0.25, 0.3) is 0 Å². The number of ether oxygens (including phenoxy) is 1. The Labute approximate surface area is 217 Å². The molecule has 0 aromatic heterocycles. The molecular formula is C30H38N2O3S. The fourth-order valence-corrected chi connectivity index (χ4v) is 5.42. The van der Waals surface area contributed by atoms with Gasteiger partial charge in [-0.25, -0.2) is 8.42 Å². The van der Waals surface area contributed by atoms with Crippen LogP contribution in [0.3, 0.4) is 0 Å². The first-order chi connectivity index (χ1) is 17.3. The molecule has 0 bridgehead atoms. The molecule has 6 heteroatoms. The quantitative estimate of drug-likeness (QED) is 0.276. The van der Waals surface area contributed by atoms with Crippen molar-refractivity contribution in [3.8, 4) is 5.75 Å². The van der Waals surface area contributed by atoms with Crippen LogP contribution in [0.1, 0.15) is 43.9 Å². The predicted octanol–water partition coefficient (Wildman–Crippen LogP) is 6.17. The van der Waals surface area contributed by atoms with Crippen LogP contribution in [0.2, 0.25) is 0 Å². The Balaban J connectivity index is 2.16. The van der Waals surface area contributed by atoms with Crippen LogP contribution >= 0.6 is 0 Å². The minimum absolute atomic E-state index is 0.410. The summed E-state index contributed by atoms with van der Waals surface area (Å²) in [5.74, 6) is 0.814.